The summed E-state index contributed by atoms with van der Waals surface area (Å²) in [4.78, 5) is 11.2. The summed E-state index contributed by atoms with van der Waals surface area (Å²) in [6.07, 6.45) is 0. The fourth-order valence-electron chi connectivity index (χ4n) is 1.11. The second-order valence-electron chi connectivity index (χ2n) is 2.93. The van der Waals surface area contributed by atoms with Crippen LogP contribution in [0, 0.1) is 5.82 Å². The number of rotatable bonds is 4. The van der Waals surface area contributed by atoms with Gasteiger partial charge in [-0.1, -0.05) is 0 Å². The van der Waals surface area contributed by atoms with Crippen LogP contribution in [0.5, 0.6) is 5.75 Å². The van der Waals surface area contributed by atoms with Crippen LogP contribution in [-0.2, 0) is 4.79 Å². The number of carbonyl (C=O) groups excluding carboxylic acids is 1. The first-order valence-corrected chi connectivity index (χ1v) is 4.45. The highest BCUT2D eigenvalue weighted by molar-refractivity contribution is 5.92. The lowest BCUT2D eigenvalue weighted by molar-refractivity contribution is -0.115. The molecular weight excluding hydrogens is 235 g/mol. The van der Waals surface area contributed by atoms with Gasteiger partial charge >= 0.3 is 0 Å². The van der Waals surface area contributed by atoms with Crippen LogP contribution in [0.3, 0.4) is 0 Å². The van der Waals surface area contributed by atoms with E-state index in [1.54, 1.807) is 13.1 Å². The van der Waals surface area contributed by atoms with Crippen LogP contribution in [0.25, 0.3) is 0 Å². The number of benzene rings is 1. The number of halogens is 2. The van der Waals surface area contributed by atoms with E-state index in [0.717, 1.165) is 0 Å². The summed E-state index contributed by atoms with van der Waals surface area (Å²) >= 11 is 0. The van der Waals surface area contributed by atoms with Crippen molar-refractivity contribution in [2.75, 3.05) is 26.0 Å². The number of hydrogen-bond acceptors (Lipinski definition) is 3. The molecule has 2 N–H and O–H groups in total. The van der Waals surface area contributed by atoms with E-state index in [2.05, 4.69) is 10.6 Å². The molecule has 0 unspecified atom stereocenters. The zero-order valence-electron chi connectivity index (χ0n) is 9.04. The van der Waals surface area contributed by atoms with Crippen molar-refractivity contribution >= 4 is 24.0 Å². The Hall–Kier alpha value is -1.33. The number of nitrogens with one attached hydrogen (secondary N) is 2. The van der Waals surface area contributed by atoms with Gasteiger partial charge in [0, 0.05) is 11.8 Å². The lowest BCUT2D eigenvalue weighted by Gasteiger charge is -2.06. The molecular formula is C10H14ClFN2O2. The molecule has 0 saturated heterocycles. The number of hydrogen-bond donors (Lipinski definition) is 2. The van der Waals surface area contributed by atoms with Gasteiger partial charge in [0.15, 0.2) is 11.6 Å². The second-order valence-corrected chi connectivity index (χ2v) is 2.93. The lowest BCUT2D eigenvalue weighted by Crippen LogP contribution is -2.25. The quantitative estimate of drug-likeness (QED) is 0.847. The molecule has 1 aromatic carbocycles. The average molecular weight is 249 g/mol. The van der Waals surface area contributed by atoms with Crippen LogP contribution in [0.4, 0.5) is 10.1 Å². The molecule has 0 bridgehead atoms. The third-order valence-electron chi connectivity index (χ3n) is 1.77. The topological polar surface area (TPSA) is 50.4 Å². The molecule has 90 valence electrons. The highest BCUT2D eigenvalue weighted by Crippen LogP contribution is 2.20. The van der Waals surface area contributed by atoms with E-state index < -0.39 is 5.82 Å². The van der Waals surface area contributed by atoms with Gasteiger partial charge in [0.05, 0.1) is 13.7 Å². The smallest absolute Gasteiger partial charge is 0.238 e. The van der Waals surface area contributed by atoms with Crippen LogP contribution in [-0.4, -0.2) is 26.6 Å². The van der Waals surface area contributed by atoms with Gasteiger partial charge in [-0.3, -0.25) is 4.79 Å². The minimum Gasteiger partial charge on any atom is -0.494 e. The van der Waals surface area contributed by atoms with Gasteiger partial charge in [0.25, 0.3) is 0 Å². The van der Waals surface area contributed by atoms with Crippen molar-refractivity contribution in [3.05, 3.63) is 24.0 Å². The summed E-state index contributed by atoms with van der Waals surface area (Å²) in [5, 5.41) is 5.23. The van der Waals surface area contributed by atoms with Crippen LogP contribution in [0.2, 0.25) is 0 Å². The molecule has 1 amide bonds. The molecule has 0 radical (unpaired) electrons. The summed E-state index contributed by atoms with van der Waals surface area (Å²) in [7, 11) is 3.05. The summed E-state index contributed by atoms with van der Waals surface area (Å²) < 4.78 is 17.9. The number of likely N-dealkylation sites (N-methyl/N-ethyl adjacent to an activating group) is 1. The summed E-state index contributed by atoms with van der Waals surface area (Å²) in [5.74, 6) is -0.566. The Balaban J connectivity index is 0.00000225. The number of anilines is 1. The number of ether oxygens (including phenoxy) is 1. The van der Waals surface area contributed by atoms with Gasteiger partial charge < -0.3 is 15.4 Å². The van der Waals surface area contributed by atoms with Crippen LogP contribution in [0.15, 0.2) is 18.2 Å². The molecule has 0 aliphatic rings. The first-order valence-electron chi connectivity index (χ1n) is 4.45. The SMILES string of the molecule is CNCC(=O)Nc1ccc(OC)c(F)c1.Cl. The Morgan fingerprint density at radius 1 is 1.50 bits per heavy atom. The normalized spacial score (nSPS) is 9.19. The van der Waals surface area contributed by atoms with Crippen molar-refractivity contribution in [3.63, 3.8) is 0 Å². The predicted octanol–water partition coefficient (Wildman–Crippen LogP) is 1.41. The fraction of sp³-hybridized carbons (Fsp3) is 0.300. The van der Waals surface area contributed by atoms with Crippen molar-refractivity contribution in [1.82, 2.24) is 5.32 Å². The molecule has 4 nitrogen and oxygen atoms in total. The van der Waals surface area contributed by atoms with E-state index >= 15 is 0 Å². The van der Waals surface area contributed by atoms with Gasteiger partial charge in [-0.2, -0.15) is 0 Å². The molecule has 0 spiro atoms. The van der Waals surface area contributed by atoms with Gasteiger partial charge in [0.2, 0.25) is 5.91 Å². The Labute approximate surface area is 99.6 Å². The van der Waals surface area contributed by atoms with E-state index in [0.29, 0.717) is 5.69 Å². The largest absolute Gasteiger partial charge is 0.494 e. The van der Waals surface area contributed by atoms with Crippen LogP contribution >= 0.6 is 12.4 Å². The third-order valence-corrected chi connectivity index (χ3v) is 1.77. The number of methoxy groups -OCH3 is 1. The zero-order valence-corrected chi connectivity index (χ0v) is 9.86. The number of carbonyl (C=O) groups is 1. The molecule has 0 fully saturated rings. The fourth-order valence-corrected chi connectivity index (χ4v) is 1.11. The van der Waals surface area contributed by atoms with Gasteiger partial charge in [0.1, 0.15) is 0 Å². The summed E-state index contributed by atoms with van der Waals surface area (Å²) in [6, 6.07) is 4.26. The maximum atomic E-state index is 13.2. The average Bonchev–Trinajstić information content (AvgIpc) is 2.18. The molecule has 0 aromatic heterocycles. The van der Waals surface area contributed by atoms with Crippen molar-refractivity contribution in [2.45, 2.75) is 0 Å². The molecule has 16 heavy (non-hydrogen) atoms. The van der Waals surface area contributed by atoms with E-state index in [9.17, 15) is 9.18 Å². The molecule has 1 rings (SSSR count). The highest BCUT2D eigenvalue weighted by atomic mass is 35.5. The van der Waals surface area contributed by atoms with Crippen molar-refractivity contribution in [2.24, 2.45) is 0 Å². The van der Waals surface area contributed by atoms with E-state index in [-0.39, 0.29) is 30.6 Å². The Bertz CT molecular complexity index is 361. The molecule has 0 aliphatic carbocycles. The second kappa shape index (κ2) is 7.03. The third kappa shape index (κ3) is 4.04. The Kier molecular flexibility index (Phi) is 6.44. The van der Waals surface area contributed by atoms with E-state index in [1.807, 2.05) is 0 Å². The zero-order chi connectivity index (χ0) is 11.3. The van der Waals surface area contributed by atoms with Crippen molar-refractivity contribution in [3.8, 4) is 5.75 Å². The molecule has 6 heteroatoms. The lowest BCUT2D eigenvalue weighted by atomic mass is 10.3. The first kappa shape index (κ1) is 14.7. The van der Waals surface area contributed by atoms with E-state index in [4.69, 9.17) is 4.74 Å². The van der Waals surface area contributed by atoms with Gasteiger partial charge in [-0.25, -0.2) is 4.39 Å². The standard InChI is InChI=1S/C10H13FN2O2.ClH/c1-12-6-10(14)13-7-3-4-9(15-2)8(11)5-7;/h3-5,12H,6H2,1-2H3,(H,13,14);1H. The highest BCUT2D eigenvalue weighted by Gasteiger charge is 2.05. The van der Waals surface area contributed by atoms with Crippen molar-refractivity contribution in [1.29, 1.82) is 0 Å². The Morgan fingerprint density at radius 3 is 2.69 bits per heavy atom. The molecule has 0 heterocycles. The first-order chi connectivity index (χ1) is 7.17. The predicted molar refractivity (Wildman–Crippen MR) is 62.8 cm³/mol. The minimum atomic E-state index is -0.500. The monoisotopic (exact) mass is 248 g/mol. The van der Waals surface area contributed by atoms with E-state index in [1.165, 1.54) is 19.2 Å². The summed E-state index contributed by atoms with van der Waals surface area (Å²) in [5.41, 5.74) is 0.411. The van der Waals surface area contributed by atoms with Crippen LogP contribution < -0.4 is 15.4 Å². The molecule has 0 atom stereocenters. The van der Waals surface area contributed by atoms with Gasteiger partial charge in [-0.15, -0.1) is 12.4 Å². The molecule has 1 aromatic rings. The minimum absolute atomic E-state index is 0. The number of amides is 1. The van der Waals surface area contributed by atoms with Crippen molar-refractivity contribution < 1.29 is 13.9 Å². The maximum Gasteiger partial charge on any atom is 0.238 e. The molecule has 0 aliphatic heterocycles. The van der Waals surface area contributed by atoms with Crippen LogP contribution in [0.1, 0.15) is 0 Å². The Morgan fingerprint density at radius 2 is 2.19 bits per heavy atom. The summed E-state index contributed by atoms with van der Waals surface area (Å²) in [6.45, 7) is 0.188. The molecule has 0 saturated carbocycles. The van der Waals surface area contributed by atoms with Gasteiger partial charge in [-0.05, 0) is 19.2 Å². The maximum absolute atomic E-state index is 13.2.